The third-order valence-electron chi connectivity index (χ3n) is 5.11. The van der Waals surface area contributed by atoms with Gasteiger partial charge in [0.2, 0.25) is 0 Å². The Morgan fingerprint density at radius 3 is 2.56 bits per heavy atom. The molecule has 0 radical (unpaired) electrons. The van der Waals surface area contributed by atoms with Gasteiger partial charge >= 0.3 is 0 Å². The summed E-state index contributed by atoms with van der Waals surface area (Å²) in [5.74, 6) is 0. The molecule has 1 unspecified atom stereocenters. The average Bonchev–Trinajstić information content (AvgIpc) is 2.87. The SMILES string of the molecule is CCc1ccc(CNC2CCC23CCCCC3)s1. The fourth-order valence-corrected chi connectivity index (χ4v) is 4.71. The number of thiophene rings is 1. The van der Waals surface area contributed by atoms with Crippen LogP contribution in [-0.2, 0) is 13.0 Å². The van der Waals surface area contributed by atoms with E-state index in [2.05, 4.69) is 24.4 Å². The first-order valence-electron chi connectivity index (χ1n) is 7.63. The van der Waals surface area contributed by atoms with Crippen LogP contribution in [0.2, 0.25) is 0 Å². The van der Waals surface area contributed by atoms with Crippen molar-refractivity contribution in [2.45, 2.75) is 70.9 Å². The second kappa shape index (κ2) is 5.34. The maximum Gasteiger partial charge on any atom is 0.0302 e. The topological polar surface area (TPSA) is 12.0 Å². The summed E-state index contributed by atoms with van der Waals surface area (Å²) >= 11 is 1.98. The highest BCUT2D eigenvalue weighted by Gasteiger charge is 2.46. The van der Waals surface area contributed by atoms with Crippen LogP contribution in [0.3, 0.4) is 0 Å². The molecular formula is C16H25NS. The lowest BCUT2D eigenvalue weighted by molar-refractivity contribution is 0.0223. The fourth-order valence-electron chi connectivity index (χ4n) is 3.80. The lowest BCUT2D eigenvalue weighted by Gasteiger charge is -2.52. The van der Waals surface area contributed by atoms with Crippen LogP contribution >= 0.6 is 11.3 Å². The van der Waals surface area contributed by atoms with E-state index in [0.29, 0.717) is 5.41 Å². The molecule has 1 atom stereocenters. The Balaban J connectivity index is 1.54. The van der Waals surface area contributed by atoms with Crippen LogP contribution in [0, 0.1) is 5.41 Å². The Morgan fingerprint density at radius 1 is 1.17 bits per heavy atom. The number of nitrogens with one attached hydrogen (secondary N) is 1. The zero-order valence-electron chi connectivity index (χ0n) is 11.5. The normalized spacial score (nSPS) is 26.2. The molecule has 0 saturated heterocycles. The average molecular weight is 263 g/mol. The van der Waals surface area contributed by atoms with Gasteiger partial charge in [-0.2, -0.15) is 0 Å². The van der Waals surface area contributed by atoms with Gasteiger partial charge in [0.15, 0.2) is 0 Å². The molecule has 1 nitrogen and oxygen atoms in total. The zero-order chi connectivity index (χ0) is 12.4. The Bertz CT molecular complexity index is 390. The van der Waals surface area contributed by atoms with Crippen LogP contribution < -0.4 is 5.32 Å². The lowest BCUT2D eigenvalue weighted by atomic mass is 9.57. The van der Waals surface area contributed by atoms with E-state index in [9.17, 15) is 0 Å². The van der Waals surface area contributed by atoms with Crippen molar-refractivity contribution in [3.05, 3.63) is 21.9 Å². The van der Waals surface area contributed by atoms with Crippen molar-refractivity contribution in [2.24, 2.45) is 5.41 Å². The van der Waals surface area contributed by atoms with Crippen molar-refractivity contribution in [1.82, 2.24) is 5.32 Å². The Labute approximate surface area is 115 Å². The first kappa shape index (κ1) is 12.7. The molecule has 18 heavy (non-hydrogen) atoms. The number of rotatable bonds is 4. The quantitative estimate of drug-likeness (QED) is 0.842. The van der Waals surface area contributed by atoms with Crippen LogP contribution in [0.25, 0.3) is 0 Å². The van der Waals surface area contributed by atoms with Crippen LogP contribution in [0.4, 0.5) is 0 Å². The molecule has 2 heteroatoms. The molecule has 2 aliphatic rings. The first-order valence-corrected chi connectivity index (χ1v) is 8.45. The van der Waals surface area contributed by atoms with Crippen molar-refractivity contribution < 1.29 is 0 Å². The molecule has 100 valence electrons. The van der Waals surface area contributed by atoms with E-state index >= 15 is 0 Å². The zero-order valence-corrected chi connectivity index (χ0v) is 12.3. The van der Waals surface area contributed by atoms with Crippen molar-refractivity contribution in [3.8, 4) is 0 Å². The van der Waals surface area contributed by atoms with Crippen molar-refractivity contribution >= 4 is 11.3 Å². The minimum absolute atomic E-state index is 0.698. The molecule has 2 saturated carbocycles. The molecule has 1 heterocycles. The van der Waals surface area contributed by atoms with Gasteiger partial charge in [0.1, 0.15) is 0 Å². The molecule has 0 amide bonds. The second-order valence-electron chi connectivity index (χ2n) is 6.12. The Kier molecular flexibility index (Phi) is 3.76. The number of hydrogen-bond acceptors (Lipinski definition) is 2. The third-order valence-corrected chi connectivity index (χ3v) is 6.34. The Hall–Kier alpha value is -0.340. The molecular weight excluding hydrogens is 238 g/mol. The third kappa shape index (κ3) is 2.37. The summed E-state index contributed by atoms with van der Waals surface area (Å²) in [6.45, 7) is 3.34. The monoisotopic (exact) mass is 263 g/mol. The van der Waals surface area contributed by atoms with Gasteiger partial charge in [0, 0.05) is 22.3 Å². The van der Waals surface area contributed by atoms with Gasteiger partial charge in [-0.1, -0.05) is 26.2 Å². The molecule has 3 rings (SSSR count). The van der Waals surface area contributed by atoms with Gasteiger partial charge in [-0.3, -0.25) is 0 Å². The van der Waals surface area contributed by atoms with Crippen LogP contribution in [0.1, 0.15) is 61.6 Å². The maximum atomic E-state index is 3.84. The molecule has 2 fully saturated rings. The summed E-state index contributed by atoms with van der Waals surface area (Å²) in [5, 5.41) is 3.84. The summed E-state index contributed by atoms with van der Waals surface area (Å²) in [6, 6.07) is 5.41. The van der Waals surface area contributed by atoms with Gasteiger partial charge in [-0.05, 0) is 49.7 Å². The van der Waals surface area contributed by atoms with Crippen LogP contribution in [-0.4, -0.2) is 6.04 Å². The van der Waals surface area contributed by atoms with Gasteiger partial charge in [-0.25, -0.2) is 0 Å². The largest absolute Gasteiger partial charge is 0.309 e. The smallest absolute Gasteiger partial charge is 0.0302 e. The molecule has 0 bridgehead atoms. The van der Waals surface area contributed by atoms with Gasteiger partial charge in [0.05, 0.1) is 0 Å². The lowest BCUT2D eigenvalue weighted by Crippen LogP contribution is -2.53. The van der Waals surface area contributed by atoms with E-state index in [1.54, 1.807) is 0 Å². The molecule has 1 spiro atoms. The fraction of sp³-hybridized carbons (Fsp3) is 0.750. The summed E-state index contributed by atoms with van der Waals surface area (Å²) in [7, 11) is 0. The second-order valence-corrected chi connectivity index (χ2v) is 7.37. The first-order chi connectivity index (χ1) is 8.82. The van der Waals surface area contributed by atoms with E-state index in [0.717, 1.165) is 12.6 Å². The number of aryl methyl sites for hydroxylation is 1. The molecule has 1 aromatic heterocycles. The van der Waals surface area contributed by atoms with E-state index < -0.39 is 0 Å². The summed E-state index contributed by atoms with van der Waals surface area (Å²) in [6.07, 6.45) is 11.4. The summed E-state index contributed by atoms with van der Waals surface area (Å²) in [5.41, 5.74) is 0.698. The Morgan fingerprint density at radius 2 is 1.94 bits per heavy atom. The minimum Gasteiger partial charge on any atom is -0.309 e. The molecule has 1 aromatic rings. The van der Waals surface area contributed by atoms with Crippen LogP contribution in [0.15, 0.2) is 12.1 Å². The predicted octanol–water partition coefficient (Wildman–Crippen LogP) is 4.51. The standard InChI is InChI=1S/C16H25NS/c1-2-13-6-7-14(18-13)12-17-15-8-11-16(15)9-4-3-5-10-16/h6-7,15,17H,2-5,8-12H2,1H3. The number of hydrogen-bond donors (Lipinski definition) is 1. The molecule has 0 aliphatic heterocycles. The highest BCUT2D eigenvalue weighted by molar-refractivity contribution is 7.11. The molecule has 1 N–H and O–H groups in total. The van der Waals surface area contributed by atoms with Crippen molar-refractivity contribution in [2.75, 3.05) is 0 Å². The maximum absolute atomic E-state index is 3.84. The highest BCUT2D eigenvalue weighted by Crippen LogP contribution is 2.51. The van der Waals surface area contributed by atoms with Gasteiger partial charge < -0.3 is 5.32 Å². The van der Waals surface area contributed by atoms with E-state index in [-0.39, 0.29) is 0 Å². The van der Waals surface area contributed by atoms with Gasteiger partial charge in [-0.15, -0.1) is 11.3 Å². The molecule has 2 aliphatic carbocycles. The summed E-state index contributed by atoms with van der Waals surface area (Å²) in [4.78, 5) is 3.04. The summed E-state index contributed by atoms with van der Waals surface area (Å²) < 4.78 is 0. The van der Waals surface area contributed by atoms with E-state index in [1.807, 2.05) is 11.3 Å². The highest BCUT2D eigenvalue weighted by atomic mass is 32.1. The molecule has 0 aromatic carbocycles. The predicted molar refractivity (Wildman–Crippen MR) is 79.1 cm³/mol. The van der Waals surface area contributed by atoms with Crippen molar-refractivity contribution in [1.29, 1.82) is 0 Å². The van der Waals surface area contributed by atoms with E-state index in [4.69, 9.17) is 0 Å². The van der Waals surface area contributed by atoms with Gasteiger partial charge in [0.25, 0.3) is 0 Å². The minimum atomic E-state index is 0.698. The van der Waals surface area contributed by atoms with Crippen molar-refractivity contribution in [3.63, 3.8) is 0 Å². The van der Waals surface area contributed by atoms with Crippen LogP contribution in [0.5, 0.6) is 0 Å². The van der Waals surface area contributed by atoms with E-state index in [1.165, 1.54) is 61.1 Å².